The largest absolute Gasteiger partial charge is 0.325 e. The van der Waals surface area contributed by atoms with Crippen LogP contribution in [0.1, 0.15) is 5.56 Å². The average molecular weight is 249 g/mol. The molecular weight excluding hydrogens is 234 g/mol. The van der Waals surface area contributed by atoms with Gasteiger partial charge in [0.1, 0.15) is 0 Å². The molecule has 3 rings (SSSR count). The standard InChI is InChI=1S/C16H15N3/c1-13-7-9-14(10-8-13)18-16-17-11-12-19(16)15-5-3-2-4-6-15/h2-12H,1H3,(H,17,18). The summed E-state index contributed by atoms with van der Waals surface area (Å²) in [5.74, 6) is 0.815. The number of nitrogens with one attached hydrogen (secondary N) is 1. The van der Waals surface area contributed by atoms with E-state index in [-0.39, 0.29) is 0 Å². The molecule has 0 radical (unpaired) electrons. The lowest BCUT2D eigenvalue weighted by Gasteiger charge is -2.09. The van der Waals surface area contributed by atoms with Crippen molar-refractivity contribution >= 4 is 11.6 Å². The Morgan fingerprint density at radius 3 is 2.42 bits per heavy atom. The highest BCUT2D eigenvalue weighted by Gasteiger charge is 2.04. The first kappa shape index (κ1) is 11.5. The second-order valence-corrected chi connectivity index (χ2v) is 4.45. The predicted octanol–water partition coefficient (Wildman–Crippen LogP) is 3.92. The molecule has 0 aliphatic heterocycles. The third kappa shape index (κ3) is 2.50. The molecule has 0 atom stereocenters. The molecule has 3 nitrogen and oxygen atoms in total. The zero-order valence-electron chi connectivity index (χ0n) is 10.7. The van der Waals surface area contributed by atoms with Crippen LogP contribution in [0.5, 0.6) is 0 Å². The molecule has 0 saturated carbocycles. The summed E-state index contributed by atoms with van der Waals surface area (Å²) in [5, 5.41) is 3.33. The predicted molar refractivity (Wildman–Crippen MR) is 78.0 cm³/mol. The lowest BCUT2D eigenvalue weighted by molar-refractivity contribution is 1.06. The van der Waals surface area contributed by atoms with Gasteiger partial charge in [-0.05, 0) is 31.2 Å². The molecule has 1 aromatic heterocycles. The highest BCUT2D eigenvalue weighted by Crippen LogP contribution is 2.19. The first-order valence-electron chi connectivity index (χ1n) is 6.25. The first-order valence-corrected chi connectivity index (χ1v) is 6.25. The molecule has 3 heteroatoms. The number of benzene rings is 2. The van der Waals surface area contributed by atoms with Gasteiger partial charge in [-0.1, -0.05) is 35.9 Å². The Morgan fingerprint density at radius 2 is 1.68 bits per heavy atom. The third-order valence-corrected chi connectivity index (χ3v) is 2.98. The van der Waals surface area contributed by atoms with Crippen molar-refractivity contribution in [2.45, 2.75) is 6.92 Å². The number of para-hydroxylation sites is 1. The smallest absolute Gasteiger partial charge is 0.211 e. The van der Waals surface area contributed by atoms with E-state index in [1.807, 2.05) is 29.0 Å². The van der Waals surface area contributed by atoms with Crippen molar-refractivity contribution in [2.24, 2.45) is 0 Å². The molecule has 0 aliphatic rings. The number of aryl methyl sites for hydroxylation is 1. The number of aromatic nitrogens is 2. The molecule has 0 saturated heterocycles. The maximum Gasteiger partial charge on any atom is 0.211 e. The quantitative estimate of drug-likeness (QED) is 0.762. The zero-order valence-corrected chi connectivity index (χ0v) is 10.7. The van der Waals surface area contributed by atoms with Crippen LogP contribution in [-0.4, -0.2) is 9.55 Å². The van der Waals surface area contributed by atoms with E-state index in [0.717, 1.165) is 17.3 Å². The van der Waals surface area contributed by atoms with Gasteiger partial charge < -0.3 is 5.32 Å². The van der Waals surface area contributed by atoms with Crippen molar-refractivity contribution in [3.63, 3.8) is 0 Å². The van der Waals surface area contributed by atoms with Crippen molar-refractivity contribution in [3.05, 3.63) is 72.6 Å². The fourth-order valence-corrected chi connectivity index (χ4v) is 1.96. The molecule has 0 fully saturated rings. The van der Waals surface area contributed by atoms with Crippen LogP contribution in [0.3, 0.4) is 0 Å². The van der Waals surface area contributed by atoms with Crippen LogP contribution in [0.15, 0.2) is 67.0 Å². The summed E-state index contributed by atoms with van der Waals surface area (Å²) in [6.45, 7) is 2.08. The van der Waals surface area contributed by atoms with Gasteiger partial charge >= 0.3 is 0 Å². The summed E-state index contributed by atoms with van der Waals surface area (Å²) in [4.78, 5) is 4.36. The number of imidazole rings is 1. The molecule has 1 N–H and O–H groups in total. The van der Waals surface area contributed by atoms with Crippen LogP contribution in [0, 0.1) is 6.92 Å². The van der Waals surface area contributed by atoms with Crippen LogP contribution in [0.4, 0.5) is 11.6 Å². The number of hydrogen-bond donors (Lipinski definition) is 1. The molecular formula is C16H15N3. The molecule has 2 aromatic carbocycles. The minimum absolute atomic E-state index is 0.815. The molecule has 0 amide bonds. The van der Waals surface area contributed by atoms with Gasteiger partial charge in [-0.3, -0.25) is 4.57 Å². The van der Waals surface area contributed by atoms with Crippen molar-refractivity contribution in [3.8, 4) is 5.69 Å². The van der Waals surface area contributed by atoms with Crippen molar-refractivity contribution in [1.82, 2.24) is 9.55 Å². The highest BCUT2D eigenvalue weighted by atomic mass is 15.2. The van der Waals surface area contributed by atoms with Crippen LogP contribution in [0.25, 0.3) is 5.69 Å². The molecule has 0 spiro atoms. The van der Waals surface area contributed by atoms with Gasteiger partial charge in [-0.25, -0.2) is 4.98 Å². The molecule has 0 aliphatic carbocycles. The number of rotatable bonds is 3. The zero-order chi connectivity index (χ0) is 13.1. The molecule has 94 valence electrons. The average Bonchev–Trinajstić information content (AvgIpc) is 2.90. The van der Waals surface area contributed by atoms with E-state index in [1.165, 1.54) is 5.56 Å². The lowest BCUT2D eigenvalue weighted by atomic mass is 10.2. The monoisotopic (exact) mass is 249 g/mol. The normalized spacial score (nSPS) is 10.4. The van der Waals surface area contributed by atoms with Crippen molar-refractivity contribution < 1.29 is 0 Å². The van der Waals surface area contributed by atoms with E-state index in [0.29, 0.717) is 0 Å². The number of anilines is 2. The van der Waals surface area contributed by atoms with Crippen LogP contribution < -0.4 is 5.32 Å². The van der Waals surface area contributed by atoms with E-state index in [1.54, 1.807) is 6.20 Å². The minimum atomic E-state index is 0.815. The van der Waals surface area contributed by atoms with Crippen LogP contribution in [-0.2, 0) is 0 Å². The van der Waals surface area contributed by atoms with Gasteiger partial charge in [-0.15, -0.1) is 0 Å². The molecule has 0 unspecified atom stereocenters. The Bertz CT molecular complexity index is 654. The van der Waals surface area contributed by atoms with Gasteiger partial charge in [0.05, 0.1) is 0 Å². The summed E-state index contributed by atoms with van der Waals surface area (Å²) >= 11 is 0. The van der Waals surface area contributed by atoms with Gasteiger partial charge in [0, 0.05) is 23.8 Å². The highest BCUT2D eigenvalue weighted by molar-refractivity contribution is 5.56. The fourth-order valence-electron chi connectivity index (χ4n) is 1.96. The van der Waals surface area contributed by atoms with Crippen molar-refractivity contribution in [2.75, 3.05) is 5.32 Å². The van der Waals surface area contributed by atoms with E-state index in [2.05, 4.69) is 53.6 Å². The van der Waals surface area contributed by atoms with Gasteiger partial charge in [0.2, 0.25) is 5.95 Å². The van der Waals surface area contributed by atoms with E-state index in [9.17, 15) is 0 Å². The fraction of sp³-hybridized carbons (Fsp3) is 0.0625. The van der Waals surface area contributed by atoms with Gasteiger partial charge in [0.25, 0.3) is 0 Å². The Labute approximate surface area is 112 Å². The maximum absolute atomic E-state index is 4.36. The van der Waals surface area contributed by atoms with Gasteiger partial charge in [-0.2, -0.15) is 0 Å². The van der Waals surface area contributed by atoms with Crippen molar-refractivity contribution in [1.29, 1.82) is 0 Å². The third-order valence-electron chi connectivity index (χ3n) is 2.98. The summed E-state index contributed by atoms with van der Waals surface area (Å²) in [6, 6.07) is 18.4. The molecule has 19 heavy (non-hydrogen) atoms. The Morgan fingerprint density at radius 1 is 0.947 bits per heavy atom. The SMILES string of the molecule is Cc1ccc(Nc2nccn2-c2ccccc2)cc1. The Balaban J connectivity index is 1.91. The summed E-state index contributed by atoms with van der Waals surface area (Å²) in [7, 11) is 0. The van der Waals surface area contributed by atoms with E-state index in [4.69, 9.17) is 0 Å². The second kappa shape index (κ2) is 4.98. The summed E-state index contributed by atoms with van der Waals surface area (Å²) in [6.07, 6.45) is 3.75. The van der Waals surface area contributed by atoms with Crippen LogP contribution >= 0.6 is 0 Å². The lowest BCUT2D eigenvalue weighted by Crippen LogP contribution is -2.00. The molecule has 3 aromatic rings. The van der Waals surface area contributed by atoms with Crippen LogP contribution in [0.2, 0.25) is 0 Å². The second-order valence-electron chi connectivity index (χ2n) is 4.45. The van der Waals surface area contributed by atoms with E-state index < -0.39 is 0 Å². The number of hydrogen-bond acceptors (Lipinski definition) is 2. The van der Waals surface area contributed by atoms with Gasteiger partial charge in [0.15, 0.2) is 0 Å². The molecule has 1 heterocycles. The summed E-state index contributed by atoms with van der Waals surface area (Å²) < 4.78 is 2.03. The van der Waals surface area contributed by atoms with E-state index >= 15 is 0 Å². The Kier molecular flexibility index (Phi) is 3.02. The number of nitrogens with zero attached hydrogens (tertiary/aromatic N) is 2. The maximum atomic E-state index is 4.36. The first-order chi connectivity index (χ1) is 9.33. The summed E-state index contributed by atoms with van der Waals surface area (Å²) in [5.41, 5.74) is 3.38. The Hall–Kier alpha value is -2.55. The minimum Gasteiger partial charge on any atom is -0.325 e. The molecule has 0 bridgehead atoms. The topological polar surface area (TPSA) is 29.9 Å².